The molecule has 1 spiro atoms. The number of hydrogen-bond donors (Lipinski definition) is 3. The lowest BCUT2D eigenvalue weighted by Crippen LogP contribution is -2.58. The average Bonchev–Trinajstić information content (AvgIpc) is 3.40. The lowest BCUT2D eigenvalue weighted by Gasteiger charge is -2.38. The van der Waals surface area contributed by atoms with Crippen LogP contribution in [0.25, 0.3) is 0 Å². The first-order valence-corrected chi connectivity index (χ1v) is 11.0. The molecule has 8 nitrogen and oxygen atoms in total. The summed E-state index contributed by atoms with van der Waals surface area (Å²) >= 11 is 0. The van der Waals surface area contributed by atoms with Gasteiger partial charge in [-0.25, -0.2) is 0 Å². The summed E-state index contributed by atoms with van der Waals surface area (Å²) in [6, 6.07) is 8.13. The van der Waals surface area contributed by atoms with Gasteiger partial charge in [-0.2, -0.15) is 0 Å². The molecule has 2 unspecified atom stereocenters. The Kier molecular flexibility index (Phi) is 5.79. The Morgan fingerprint density at radius 3 is 2.58 bits per heavy atom. The van der Waals surface area contributed by atoms with Gasteiger partial charge in [0, 0.05) is 13.6 Å². The molecule has 2 bridgehead atoms. The van der Waals surface area contributed by atoms with Crippen LogP contribution in [0.2, 0.25) is 0 Å². The van der Waals surface area contributed by atoms with Crippen molar-refractivity contribution in [2.75, 3.05) is 13.7 Å². The van der Waals surface area contributed by atoms with Gasteiger partial charge in [-0.3, -0.25) is 14.4 Å². The van der Waals surface area contributed by atoms with Crippen LogP contribution in [0, 0.1) is 17.8 Å². The molecule has 3 amide bonds. The van der Waals surface area contributed by atoms with Crippen molar-refractivity contribution in [1.82, 2.24) is 15.5 Å². The van der Waals surface area contributed by atoms with E-state index < -0.39 is 29.5 Å². The molecule has 3 N–H and O–H groups in total. The molecule has 3 heterocycles. The predicted octanol–water partition coefficient (Wildman–Crippen LogP) is 0.440. The summed E-state index contributed by atoms with van der Waals surface area (Å²) in [6.45, 7) is 3.89. The van der Waals surface area contributed by atoms with E-state index in [1.807, 2.05) is 44.2 Å². The quantitative estimate of drug-likeness (QED) is 0.583. The summed E-state index contributed by atoms with van der Waals surface area (Å²) in [4.78, 5) is 41.3. The third kappa shape index (κ3) is 3.32. The van der Waals surface area contributed by atoms with Crippen LogP contribution in [0.3, 0.4) is 0 Å². The van der Waals surface area contributed by atoms with E-state index in [0.717, 1.165) is 5.56 Å². The predicted molar refractivity (Wildman–Crippen MR) is 113 cm³/mol. The van der Waals surface area contributed by atoms with E-state index in [1.54, 1.807) is 7.05 Å². The van der Waals surface area contributed by atoms with Crippen molar-refractivity contribution < 1.29 is 24.2 Å². The highest BCUT2D eigenvalue weighted by molar-refractivity contribution is 5.99. The van der Waals surface area contributed by atoms with E-state index >= 15 is 0 Å². The molecule has 3 aliphatic heterocycles. The number of nitrogens with one attached hydrogen (secondary N) is 2. The third-order valence-electron chi connectivity index (χ3n) is 7.16. The number of rotatable bonds is 7. The van der Waals surface area contributed by atoms with Crippen LogP contribution >= 0.6 is 0 Å². The number of aliphatic hydroxyl groups excluding tert-OH is 1. The molecule has 168 valence electrons. The van der Waals surface area contributed by atoms with Crippen molar-refractivity contribution in [1.29, 1.82) is 0 Å². The molecule has 0 aromatic heterocycles. The van der Waals surface area contributed by atoms with Crippen molar-refractivity contribution in [2.45, 2.75) is 57.0 Å². The zero-order valence-corrected chi connectivity index (χ0v) is 18.2. The van der Waals surface area contributed by atoms with Crippen molar-refractivity contribution in [3.05, 3.63) is 35.9 Å². The molecular formula is C23H31N3O5. The van der Waals surface area contributed by atoms with Gasteiger partial charge >= 0.3 is 0 Å². The molecule has 1 aromatic carbocycles. The molecule has 0 aliphatic carbocycles. The number of carbonyl (C=O) groups is 3. The standard InChI is InChI=1S/C23H31N3O5/c1-13(2)15(12-27)26-19(21(29)25-11-14-7-5-4-6-8-14)23-10-9-16(31-23)17(20(28)24-3)18(23)22(26)30/h4-8,13,15-19,27H,9-12H2,1-3H3,(H,24,28)(H,25,29)/t15-,16+,17-,18-,19?,23?/m0/s1. The van der Waals surface area contributed by atoms with Crippen LogP contribution in [0.5, 0.6) is 0 Å². The summed E-state index contributed by atoms with van der Waals surface area (Å²) in [7, 11) is 1.55. The van der Waals surface area contributed by atoms with Gasteiger partial charge in [-0.1, -0.05) is 44.2 Å². The summed E-state index contributed by atoms with van der Waals surface area (Å²) < 4.78 is 6.31. The van der Waals surface area contributed by atoms with Crippen LogP contribution in [0.1, 0.15) is 32.3 Å². The van der Waals surface area contributed by atoms with Crippen molar-refractivity contribution in [3.63, 3.8) is 0 Å². The van der Waals surface area contributed by atoms with E-state index in [0.29, 0.717) is 19.4 Å². The number of nitrogens with zero attached hydrogens (tertiary/aromatic N) is 1. The first-order valence-electron chi connectivity index (χ1n) is 11.0. The molecule has 8 heteroatoms. The van der Waals surface area contributed by atoms with E-state index in [2.05, 4.69) is 10.6 Å². The van der Waals surface area contributed by atoms with Gasteiger partial charge in [0.2, 0.25) is 17.7 Å². The molecule has 1 aromatic rings. The topological polar surface area (TPSA) is 108 Å². The monoisotopic (exact) mass is 429 g/mol. The Bertz CT molecular complexity index is 860. The molecule has 3 saturated heterocycles. The van der Waals surface area contributed by atoms with Crippen LogP contribution in [-0.4, -0.2) is 65.2 Å². The highest BCUT2D eigenvalue weighted by Gasteiger charge is 2.75. The fraction of sp³-hybridized carbons (Fsp3) is 0.609. The maximum Gasteiger partial charge on any atom is 0.246 e. The molecule has 0 saturated carbocycles. The minimum absolute atomic E-state index is 0.0655. The Hall–Kier alpha value is -2.45. The maximum atomic E-state index is 13.7. The second kappa shape index (κ2) is 8.24. The normalized spacial score (nSPS) is 32.3. The first kappa shape index (κ1) is 21.8. The first-order chi connectivity index (χ1) is 14.9. The number of amides is 3. The summed E-state index contributed by atoms with van der Waals surface area (Å²) in [5.41, 5.74) is -0.0923. The molecule has 3 fully saturated rings. The van der Waals surface area contributed by atoms with Gasteiger partial charge in [0.25, 0.3) is 0 Å². The number of likely N-dealkylation sites (tertiary alicyclic amines) is 1. The lowest BCUT2D eigenvalue weighted by atomic mass is 9.70. The van der Waals surface area contributed by atoms with E-state index in [9.17, 15) is 19.5 Å². The second-order valence-electron chi connectivity index (χ2n) is 9.11. The Labute approximate surface area is 182 Å². The fourth-order valence-corrected chi connectivity index (χ4v) is 5.72. The molecule has 6 atom stereocenters. The highest BCUT2D eigenvalue weighted by atomic mass is 16.5. The largest absolute Gasteiger partial charge is 0.394 e. The van der Waals surface area contributed by atoms with Crippen LogP contribution in [0.4, 0.5) is 0 Å². The highest BCUT2D eigenvalue weighted by Crippen LogP contribution is 2.58. The molecule has 0 radical (unpaired) electrons. The fourth-order valence-electron chi connectivity index (χ4n) is 5.72. The van der Waals surface area contributed by atoms with Gasteiger partial charge in [0.05, 0.1) is 30.6 Å². The minimum Gasteiger partial charge on any atom is -0.394 e. The number of aliphatic hydroxyl groups is 1. The maximum absolute atomic E-state index is 13.7. The van der Waals surface area contributed by atoms with Gasteiger partial charge < -0.3 is 25.4 Å². The third-order valence-corrected chi connectivity index (χ3v) is 7.16. The SMILES string of the molecule is CNC(=O)[C@@H]1[C@H]2C(=O)N([C@@H](CO)C(C)C)C(C(=O)NCc3ccccc3)C23CC[C@H]1O3. The lowest BCUT2D eigenvalue weighted by molar-refractivity contribution is -0.146. The average molecular weight is 430 g/mol. The summed E-state index contributed by atoms with van der Waals surface area (Å²) in [6.07, 6.45) is 0.800. The molecule has 4 rings (SSSR count). The van der Waals surface area contributed by atoms with Gasteiger partial charge in [0.1, 0.15) is 11.6 Å². The van der Waals surface area contributed by atoms with Gasteiger partial charge in [-0.15, -0.1) is 0 Å². The van der Waals surface area contributed by atoms with Crippen LogP contribution in [-0.2, 0) is 25.7 Å². The molecule has 31 heavy (non-hydrogen) atoms. The number of hydrogen-bond acceptors (Lipinski definition) is 5. The minimum atomic E-state index is -1.04. The summed E-state index contributed by atoms with van der Waals surface area (Å²) in [5.74, 6) is -2.22. The zero-order chi connectivity index (χ0) is 22.3. The van der Waals surface area contributed by atoms with Crippen molar-refractivity contribution in [3.8, 4) is 0 Å². The smallest absolute Gasteiger partial charge is 0.246 e. The Morgan fingerprint density at radius 1 is 1.26 bits per heavy atom. The number of ether oxygens (including phenoxy) is 1. The van der Waals surface area contributed by atoms with Gasteiger partial charge in [0.15, 0.2) is 0 Å². The van der Waals surface area contributed by atoms with E-state index in [1.165, 1.54) is 4.90 Å². The van der Waals surface area contributed by atoms with E-state index in [4.69, 9.17) is 4.74 Å². The molecule has 3 aliphatic rings. The molecular weight excluding hydrogens is 398 g/mol. The van der Waals surface area contributed by atoms with E-state index in [-0.39, 0.29) is 36.4 Å². The van der Waals surface area contributed by atoms with Crippen LogP contribution < -0.4 is 10.6 Å². The zero-order valence-electron chi connectivity index (χ0n) is 18.2. The number of carbonyl (C=O) groups excluding carboxylic acids is 3. The Balaban J connectivity index is 1.70. The van der Waals surface area contributed by atoms with Crippen molar-refractivity contribution in [2.24, 2.45) is 17.8 Å². The number of fused-ring (bicyclic) bond motifs is 1. The Morgan fingerprint density at radius 2 is 1.97 bits per heavy atom. The van der Waals surface area contributed by atoms with Crippen LogP contribution in [0.15, 0.2) is 30.3 Å². The van der Waals surface area contributed by atoms with Crippen molar-refractivity contribution >= 4 is 17.7 Å². The number of benzene rings is 1. The second-order valence-corrected chi connectivity index (χ2v) is 9.11. The summed E-state index contributed by atoms with van der Waals surface area (Å²) in [5, 5.41) is 15.7. The van der Waals surface area contributed by atoms with Gasteiger partial charge in [-0.05, 0) is 24.3 Å².